The highest BCUT2D eigenvalue weighted by Gasteiger charge is 2.25. The maximum atomic E-state index is 11.9. The fourth-order valence-electron chi connectivity index (χ4n) is 1.69. The minimum absolute atomic E-state index is 0.00399. The predicted octanol–water partition coefficient (Wildman–Crippen LogP) is 2.03. The maximum absolute atomic E-state index is 11.9. The van der Waals surface area contributed by atoms with Crippen LogP contribution in [0, 0.1) is 10.1 Å². The fraction of sp³-hybridized carbons (Fsp3) is 0.0909. The molecule has 1 N–H and O–H groups in total. The highest BCUT2D eigenvalue weighted by Crippen LogP contribution is 2.40. The number of nitrogens with zero attached hydrogens (tertiary/aromatic N) is 2. The highest BCUT2D eigenvalue weighted by molar-refractivity contribution is 7.07. The monoisotopic (exact) mass is 293 g/mol. The van der Waals surface area contributed by atoms with E-state index in [4.69, 9.17) is 9.47 Å². The Hall–Kier alpha value is -2.68. The van der Waals surface area contributed by atoms with E-state index in [9.17, 15) is 14.9 Å². The second kappa shape index (κ2) is 4.78. The van der Waals surface area contributed by atoms with Gasteiger partial charge in [0.25, 0.3) is 11.6 Å². The Kier molecular flexibility index (Phi) is 2.95. The third-order valence-corrected chi connectivity index (χ3v) is 3.19. The van der Waals surface area contributed by atoms with E-state index in [0.717, 1.165) is 0 Å². The van der Waals surface area contributed by atoms with Gasteiger partial charge in [-0.3, -0.25) is 14.9 Å². The van der Waals surface area contributed by atoms with Gasteiger partial charge in [-0.15, -0.1) is 11.3 Å². The van der Waals surface area contributed by atoms with Gasteiger partial charge in [0.1, 0.15) is 11.4 Å². The quantitative estimate of drug-likeness (QED) is 0.686. The zero-order valence-corrected chi connectivity index (χ0v) is 10.7. The number of nitro groups is 1. The molecule has 1 aliphatic heterocycles. The Morgan fingerprint density at radius 1 is 1.40 bits per heavy atom. The van der Waals surface area contributed by atoms with E-state index in [1.807, 2.05) is 0 Å². The van der Waals surface area contributed by atoms with Gasteiger partial charge in [-0.05, 0) is 0 Å². The van der Waals surface area contributed by atoms with E-state index in [2.05, 4.69) is 10.3 Å². The number of fused-ring (bicyclic) bond motifs is 1. The zero-order chi connectivity index (χ0) is 14.1. The summed E-state index contributed by atoms with van der Waals surface area (Å²) in [4.78, 5) is 26.2. The number of amides is 1. The largest absolute Gasteiger partial charge is 0.454 e. The lowest BCUT2D eigenvalue weighted by molar-refractivity contribution is -0.384. The normalized spacial score (nSPS) is 12.2. The van der Waals surface area contributed by atoms with E-state index in [1.165, 1.54) is 29.0 Å². The van der Waals surface area contributed by atoms with Crippen LogP contribution in [-0.2, 0) is 0 Å². The van der Waals surface area contributed by atoms with E-state index in [1.54, 1.807) is 5.38 Å². The lowest BCUT2D eigenvalue weighted by Gasteiger charge is -2.05. The molecular formula is C11H7N3O5S. The van der Waals surface area contributed by atoms with Crippen LogP contribution in [-0.4, -0.2) is 22.6 Å². The van der Waals surface area contributed by atoms with Crippen molar-refractivity contribution in [3.05, 3.63) is 38.8 Å². The Morgan fingerprint density at radius 2 is 2.15 bits per heavy atom. The van der Waals surface area contributed by atoms with E-state index >= 15 is 0 Å². The molecule has 0 atom stereocenters. The Balaban J connectivity index is 1.96. The number of carbonyl (C=O) groups excluding carboxylic acids is 1. The van der Waals surface area contributed by atoms with Crippen LogP contribution in [0.25, 0.3) is 0 Å². The Morgan fingerprint density at radius 3 is 2.80 bits per heavy atom. The molecule has 3 rings (SSSR count). The van der Waals surface area contributed by atoms with Gasteiger partial charge in [-0.1, -0.05) is 0 Å². The van der Waals surface area contributed by atoms with Crippen molar-refractivity contribution in [3.63, 3.8) is 0 Å². The van der Waals surface area contributed by atoms with Crippen molar-refractivity contribution in [1.29, 1.82) is 0 Å². The highest BCUT2D eigenvalue weighted by atomic mass is 32.1. The average molecular weight is 293 g/mol. The van der Waals surface area contributed by atoms with E-state index in [-0.39, 0.29) is 29.6 Å². The van der Waals surface area contributed by atoms with Crippen molar-refractivity contribution >= 4 is 28.6 Å². The van der Waals surface area contributed by atoms with Crippen molar-refractivity contribution < 1.29 is 19.2 Å². The van der Waals surface area contributed by atoms with Crippen LogP contribution < -0.4 is 14.8 Å². The number of ether oxygens (including phenoxy) is 2. The van der Waals surface area contributed by atoms with Crippen LogP contribution in [0.3, 0.4) is 0 Å². The molecule has 1 aliphatic rings. The number of carbonyl (C=O) groups is 1. The van der Waals surface area contributed by atoms with Crippen molar-refractivity contribution in [1.82, 2.24) is 4.98 Å². The van der Waals surface area contributed by atoms with Crippen LogP contribution in [0.5, 0.6) is 11.5 Å². The minimum atomic E-state index is -0.599. The summed E-state index contributed by atoms with van der Waals surface area (Å²) >= 11 is 1.26. The van der Waals surface area contributed by atoms with Gasteiger partial charge in [0.15, 0.2) is 11.5 Å². The van der Waals surface area contributed by atoms with Crippen LogP contribution in [0.15, 0.2) is 23.0 Å². The molecule has 0 unspecified atom stereocenters. The molecule has 1 aromatic heterocycles. The molecule has 0 saturated carbocycles. The second-order valence-electron chi connectivity index (χ2n) is 3.81. The molecule has 2 heterocycles. The van der Waals surface area contributed by atoms with Gasteiger partial charge in [-0.2, -0.15) is 0 Å². The summed E-state index contributed by atoms with van der Waals surface area (Å²) in [6.07, 6.45) is 0. The molecular weight excluding hydrogens is 286 g/mol. The van der Waals surface area contributed by atoms with Crippen molar-refractivity contribution in [2.24, 2.45) is 0 Å². The van der Waals surface area contributed by atoms with Crippen molar-refractivity contribution in [3.8, 4) is 11.5 Å². The molecule has 0 fully saturated rings. The first-order valence-electron chi connectivity index (χ1n) is 5.43. The van der Waals surface area contributed by atoms with E-state index < -0.39 is 10.8 Å². The van der Waals surface area contributed by atoms with Gasteiger partial charge in [0.2, 0.25) is 6.79 Å². The lowest BCUT2D eigenvalue weighted by atomic mass is 10.2. The zero-order valence-electron chi connectivity index (χ0n) is 9.86. The summed E-state index contributed by atoms with van der Waals surface area (Å²) in [7, 11) is 0. The molecule has 2 aromatic rings. The van der Waals surface area contributed by atoms with Gasteiger partial charge in [-0.25, -0.2) is 4.98 Å². The molecule has 0 bridgehead atoms. The SMILES string of the molecule is O=C(Nc1cc2c(cc1[N+](=O)[O-])OCO2)c1cscn1. The summed E-state index contributed by atoms with van der Waals surface area (Å²) in [5.74, 6) is 0.112. The third kappa shape index (κ3) is 2.14. The molecule has 1 aromatic carbocycles. The smallest absolute Gasteiger partial charge is 0.296 e. The first-order valence-corrected chi connectivity index (χ1v) is 6.37. The summed E-state index contributed by atoms with van der Waals surface area (Å²) in [6, 6.07) is 2.59. The fourth-order valence-corrected chi connectivity index (χ4v) is 2.23. The maximum Gasteiger partial charge on any atom is 0.296 e. The molecule has 0 saturated heterocycles. The number of thiazole rings is 1. The van der Waals surface area contributed by atoms with Crippen molar-refractivity contribution in [2.45, 2.75) is 0 Å². The number of anilines is 1. The van der Waals surface area contributed by atoms with Crippen LogP contribution >= 0.6 is 11.3 Å². The number of aromatic nitrogens is 1. The number of benzene rings is 1. The average Bonchev–Trinajstić information content (AvgIpc) is 3.08. The lowest BCUT2D eigenvalue weighted by Crippen LogP contribution is -2.13. The molecule has 9 heteroatoms. The second-order valence-corrected chi connectivity index (χ2v) is 4.53. The third-order valence-electron chi connectivity index (χ3n) is 2.60. The molecule has 1 amide bonds. The summed E-state index contributed by atoms with van der Waals surface area (Å²) in [5.41, 5.74) is 1.47. The predicted molar refractivity (Wildman–Crippen MR) is 69.3 cm³/mol. The molecule has 0 radical (unpaired) electrons. The molecule has 0 spiro atoms. The molecule has 102 valence electrons. The summed E-state index contributed by atoms with van der Waals surface area (Å²) in [6.45, 7) is -0.00399. The Bertz CT molecular complexity index is 686. The van der Waals surface area contributed by atoms with Crippen LogP contribution in [0.2, 0.25) is 0 Å². The molecule has 8 nitrogen and oxygen atoms in total. The number of hydrogen-bond donors (Lipinski definition) is 1. The van der Waals surface area contributed by atoms with Crippen LogP contribution in [0.1, 0.15) is 10.5 Å². The minimum Gasteiger partial charge on any atom is -0.454 e. The topological polar surface area (TPSA) is 104 Å². The van der Waals surface area contributed by atoms with Crippen LogP contribution in [0.4, 0.5) is 11.4 Å². The van der Waals surface area contributed by atoms with Gasteiger partial charge in [0.05, 0.1) is 16.5 Å². The van der Waals surface area contributed by atoms with E-state index in [0.29, 0.717) is 5.75 Å². The molecule has 0 aliphatic carbocycles. The summed E-state index contributed by atoms with van der Waals surface area (Å²) in [5, 5.41) is 15.0. The number of nitrogens with one attached hydrogen (secondary N) is 1. The molecule has 20 heavy (non-hydrogen) atoms. The van der Waals surface area contributed by atoms with Gasteiger partial charge in [0, 0.05) is 11.4 Å². The van der Waals surface area contributed by atoms with Gasteiger partial charge >= 0.3 is 0 Å². The summed E-state index contributed by atoms with van der Waals surface area (Å²) < 4.78 is 10.2. The number of rotatable bonds is 3. The number of hydrogen-bond acceptors (Lipinski definition) is 7. The first kappa shape index (κ1) is 12.4. The van der Waals surface area contributed by atoms with Crippen molar-refractivity contribution in [2.75, 3.05) is 12.1 Å². The first-order chi connectivity index (χ1) is 9.65. The number of nitro benzene ring substituents is 1. The standard InChI is InChI=1S/C11H7N3O5S/c15-11(7-3-20-4-12-7)13-6-1-9-10(19-5-18-9)2-8(6)14(16)17/h1-4H,5H2,(H,13,15). The Labute approximate surface area is 116 Å². The van der Waals surface area contributed by atoms with Gasteiger partial charge < -0.3 is 14.8 Å².